The van der Waals surface area contributed by atoms with Crippen molar-refractivity contribution < 1.29 is 14.6 Å². The van der Waals surface area contributed by atoms with E-state index < -0.39 is 0 Å². The van der Waals surface area contributed by atoms with Crippen molar-refractivity contribution in [2.24, 2.45) is 5.92 Å². The van der Waals surface area contributed by atoms with Crippen molar-refractivity contribution >= 4 is 6.03 Å². The van der Waals surface area contributed by atoms with Gasteiger partial charge in [0.15, 0.2) is 0 Å². The maximum absolute atomic E-state index is 11.5. The zero-order valence-corrected chi connectivity index (χ0v) is 10.9. The van der Waals surface area contributed by atoms with E-state index in [1.807, 2.05) is 0 Å². The van der Waals surface area contributed by atoms with E-state index in [2.05, 4.69) is 10.6 Å². The highest BCUT2D eigenvalue weighted by Gasteiger charge is 2.22. The third-order valence-corrected chi connectivity index (χ3v) is 3.84. The fourth-order valence-corrected chi connectivity index (χ4v) is 2.75. The van der Waals surface area contributed by atoms with Gasteiger partial charge in [0.05, 0.1) is 12.2 Å². The highest BCUT2D eigenvalue weighted by atomic mass is 16.5. The Labute approximate surface area is 108 Å². The first-order valence-corrected chi connectivity index (χ1v) is 7.05. The molecule has 3 N–H and O–H groups in total. The molecule has 1 aliphatic carbocycles. The summed E-state index contributed by atoms with van der Waals surface area (Å²) in [6.45, 7) is 2.20. The standard InChI is InChI=1S/C13H24N2O3/c16-11-4-3-10(8-11)9-15-13(17)14-6-5-12-2-1-7-18-12/h10-12,16H,1-9H2,(H2,14,15,17)/t10-,11+,12-/m0/s1. The molecule has 0 unspecified atom stereocenters. The van der Waals surface area contributed by atoms with Gasteiger partial charge in [-0.1, -0.05) is 0 Å². The van der Waals surface area contributed by atoms with Crippen molar-refractivity contribution in [1.29, 1.82) is 0 Å². The largest absolute Gasteiger partial charge is 0.393 e. The van der Waals surface area contributed by atoms with Crippen molar-refractivity contribution in [3.05, 3.63) is 0 Å². The molecular formula is C13H24N2O3. The lowest BCUT2D eigenvalue weighted by atomic mass is 10.1. The second-order valence-corrected chi connectivity index (χ2v) is 5.39. The molecule has 0 spiro atoms. The zero-order chi connectivity index (χ0) is 12.8. The summed E-state index contributed by atoms with van der Waals surface area (Å²) in [4.78, 5) is 11.5. The number of urea groups is 1. The maximum Gasteiger partial charge on any atom is 0.314 e. The van der Waals surface area contributed by atoms with Gasteiger partial charge in [-0.25, -0.2) is 4.79 Å². The molecule has 1 heterocycles. The number of carbonyl (C=O) groups is 1. The minimum Gasteiger partial charge on any atom is -0.393 e. The number of rotatable bonds is 5. The lowest BCUT2D eigenvalue weighted by Crippen LogP contribution is -2.39. The highest BCUT2D eigenvalue weighted by Crippen LogP contribution is 2.24. The van der Waals surface area contributed by atoms with Gasteiger partial charge in [0, 0.05) is 19.7 Å². The Hall–Kier alpha value is -0.810. The Morgan fingerprint density at radius 3 is 2.83 bits per heavy atom. The summed E-state index contributed by atoms with van der Waals surface area (Å²) in [7, 11) is 0. The molecule has 18 heavy (non-hydrogen) atoms. The molecule has 0 radical (unpaired) electrons. The van der Waals surface area contributed by atoms with Crippen LogP contribution in [0.4, 0.5) is 4.79 Å². The third kappa shape index (κ3) is 4.46. The Bertz CT molecular complexity index is 267. The van der Waals surface area contributed by atoms with Gasteiger partial charge in [-0.3, -0.25) is 0 Å². The van der Waals surface area contributed by atoms with Crippen LogP contribution in [0, 0.1) is 5.92 Å². The number of ether oxygens (including phenoxy) is 1. The predicted molar refractivity (Wildman–Crippen MR) is 68.3 cm³/mol. The summed E-state index contributed by atoms with van der Waals surface area (Å²) in [6, 6.07) is -0.102. The van der Waals surface area contributed by atoms with Gasteiger partial charge in [-0.15, -0.1) is 0 Å². The van der Waals surface area contributed by atoms with E-state index in [4.69, 9.17) is 4.74 Å². The molecule has 3 atom stereocenters. The van der Waals surface area contributed by atoms with Gasteiger partial charge in [0.25, 0.3) is 0 Å². The van der Waals surface area contributed by atoms with E-state index in [1.54, 1.807) is 0 Å². The molecule has 0 aromatic heterocycles. The molecular weight excluding hydrogens is 232 g/mol. The molecule has 1 saturated heterocycles. The van der Waals surface area contributed by atoms with E-state index in [1.165, 1.54) is 0 Å². The first-order chi connectivity index (χ1) is 8.74. The van der Waals surface area contributed by atoms with Gasteiger partial charge < -0.3 is 20.5 Å². The van der Waals surface area contributed by atoms with E-state index in [9.17, 15) is 9.90 Å². The molecule has 1 saturated carbocycles. The monoisotopic (exact) mass is 256 g/mol. The van der Waals surface area contributed by atoms with Crippen molar-refractivity contribution in [3.8, 4) is 0 Å². The fourth-order valence-electron chi connectivity index (χ4n) is 2.75. The van der Waals surface area contributed by atoms with Crippen LogP contribution in [0.15, 0.2) is 0 Å². The molecule has 5 nitrogen and oxygen atoms in total. The topological polar surface area (TPSA) is 70.6 Å². The second kappa shape index (κ2) is 6.95. The van der Waals surface area contributed by atoms with Crippen molar-refractivity contribution in [3.63, 3.8) is 0 Å². The summed E-state index contributed by atoms with van der Waals surface area (Å²) in [5, 5.41) is 15.1. The predicted octanol–water partition coefficient (Wildman–Crippen LogP) is 1.02. The molecule has 2 fully saturated rings. The van der Waals surface area contributed by atoms with Crippen LogP contribution < -0.4 is 10.6 Å². The minimum absolute atomic E-state index is 0.102. The number of nitrogens with one attached hydrogen (secondary N) is 2. The van der Waals surface area contributed by atoms with Crippen LogP contribution in [0.2, 0.25) is 0 Å². The summed E-state index contributed by atoms with van der Waals surface area (Å²) in [5.74, 6) is 0.434. The molecule has 2 aliphatic rings. The van der Waals surface area contributed by atoms with Crippen molar-refractivity contribution in [1.82, 2.24) is 10.6 Å². The van der Waals surface area contributed by atoms with Crippen LogP contribution in [-0.2, 0) is 4.74 Å². The first kappa shape index (κ1) is 13.6. The van der Waals surface area contributed by atoms with E-state index in [-0.39, 0.29) is 12.1 Å². The molecule has 5 heteroatoms. The average Bonchev–Trinajstić information content (AvgIpc) is 2.98. The number of aliphatic hydroxyl groups excluding tert-OH is 1. The Balaban J connectivity index is 1.49. The Kier molecular flexibility index (Phi) is 5.26. The van der Waals surface area contributed by atoms with Gasteiger partial charge in [-0.2, -0.15) is 0 Å². The van der Waals surface area contributed by atoms with Crippen molar-refractivity contribution in [2.45, 2.75) is 50.7 Å². The lowest BCUT2D eigenvalue weighted by molar-refractivity contribution is 0.104. The molecule has 2 amide bonds. The van der Waals surface area contributed by atoms with Crippen LogP contribution in [-0.4, -0.2) is 43.0 Å². The number of hydrogen-bond donors (Lipinski definition) is 3. The quantitative estimate of drug-likeness (QED) is 0.687. The molecule has 1 aliphatic heterocycles. The lowest BCUT2D eigenvalue weighted by Gasteiger charge is -2.13. The second-order valence-electron chi connectivity index (χ2n) is 5.39. The number of aliphatic hydroxyl groups is 1. The fraction of sp³-hybridized carbons (Fsp3) is 0.923. The summed E-state index contributed by atoms with van der Waals surface area (Å²) < 4.78 is 5.49. The Morgan fingerprint density at radius 1 is 1.28 bits per heavy atom. The first-order valence-electron chi connectivity index (χ1n) is 7.05. The highest BCUT2D eigenvalue weighted by molar-refractivity contribution is 5.73. The van der Waals surface area contributed by atoms with Gasteiger partial charge in [0.1, 0.15) is 0 Å². The summed E-state index contributed by atoms with van der Waals surface area (Å²) >= 11 is 0. The minimum atomic E-state index is -0.167. The van der Waals surface area contributed by atoms with E-state index in [0.29, 0.717) is 25.1 Å². The molecule has 2 rings (SSSR count). The van der Waals surface area contributed by atoms with Crippen LogP contribution in [0.5, 0.6) is 0 Å². The molecule has 0 aromatic rings. The SMILES string of the molecule is O=C(NCC[C@@H]1CCCO1)NC[C@H]1CC[C@@H](O)C1. The van der Waals surface area contributed by atoms with Gasteiger partial charge in [-0.05, 0) is 44.4 Å². The maximum atomic E-state index is 11.5. The molecule has 104 valence electrons. The van der Waals surface area contributed by atoms with Gasteiger partial charge in [0.2, 0.25) is 0 Å². The molecule has 0 aromatic carbocycles. The average molecular weight is 256 g/mol. The van der Waals surface area contributed by atoms with Crippen LogP contribution >= 0.6 is 0 Å². The van der Waals surface area contributed by atoms with Gasteiger partial charge >= 0.3 is 6.03 Å². The third-order valence-electron chi connectivity index (χ3n) is 3.84. The van der Waals surface area contributed by atoms with Crippen LogP contribution in [0.25, 0.3) is 0 Å². The zero-order valence-electron chi connectivity index (χ0n) is 10.9. The van der Waals surface area contributed by atoms with Crippen molar-refractivity contribution in [2.75, 3.05) is 19.7 Å². The smallest absolute Gasteiger partial charge is 0.314 e. The number of carbonyl (C=O) groups excluding carboxylic acids is 1. The number of hydrogen-bond acceptors (Lipinski definition) is 3. The summed E-state index contributed by atoms with van der Waals surface area (Å²) in [6.07, 6.45) is 6.01. The van der Waals surface area contributed by atoms with E-state index >= 15 is 0 Å². The summed E-state index contributed by atoms with van der Waals surface area (Å²) in [5.41, 5.74) is 0. The molecule has 0 bridgehead atoms. The normalized spacial score (nSPS) is 31.5. The van der Waals surface area contributed by atoms with Crippen LogP contribution in [0.1, 0.15) is 38.5 Å². The van der Waals surface area contributed by atoms with Crippen LogP contribution in [0.3, 0.4) is 0 Å². The number of amides is 2. The Morgan fingerprint density at radius 2 is 2.17 bits per heavy atom. The van der Waals surface area contributed by atoms with E-state index in [0.717, 1.165) is 45.1 Å².